The Morgan fingerprint density at radius 1 is 0.778 bits per heavy atom. The number of likely N-dealkylation sites (tertiary alicyclic amines) is 1. The molecule has 9 rings (SSSR count). The van der Waals surface area contributed by atoms with Gasteiger partial charge in [0.15, 0.2) is 0 Å². The molecule has 6 saturated carbocycles. The quantitative estimate of drug-likeness (QED) is 0.296. The van der Waals surface area contributed by atoms with Crippen LogP contribution in [0, 0.1) is 68.0 Å². The molecule has 12 atom stereocenters. The summed E-state index contributed by atoms with van der Waals surface area (Å²) < 4.78 is 6.44. The number of amides is 1. The van der Waals surface area contributed by atoms with Gasteiger partial charge in [0.1, 0.15) is 11.9 Å². The van der Waals surface area contributed by atoms with Crippen molar-refractivity contribution in [2.24, 2.45) is 68.0 Å². The Labute approximate surface area is 322 Å². The number of hydrogen-bond donors (Lipinski definition) is 2. The van der Waals surface area contributed by atoms with Crippen LogP contribution in [0.15, 0.2) is 24.3 Å². The Bertz CT molecular complexity index is 1830. The van der Waals surface area contributed by atoms with Crippen molar-refractivity contribution in [1.29, 1.82) is 0 Å². The highest BCUT2D eigenvalue weighted by molar-refractivity contribution is 5.85. The minimum absolute atomic E-state index is 0.0388. The Morgan fingerprint density at radius 3 is 2.30 bits per heavy atom. The number of rotatable bonds is 5. The molecule has 1 aromatic heterocycles. The maximum absolute atomic E-state index is 15.1. The summed E-state index contributed by atoms with van der Waals surface area (Å²) in [5.74, 6) is 1.61. The number of fused-ring (bicyclic) bond motifs is 8. The van der Waals surface area contributed by atoms with Crippen molar-refractivity contribution in [3.8, 4) is 0 Å². The number of carboxylic acid groups (broad SMARTS) is 1. The molecule has 6 aliphatic carbocycles. The molecule has 7 fully saturated rings. The highest BCUT2D eigenvalue weighted by atomic mass is 16.5. The maximum Gasteiger partial charge on any atom is 0.309 e. The topological polar surface area (TPSA) is 113 Å². The summed E-state index contributed by atoms with van der Waals surface area (Å²) in [5.41, 5.74) is 1.60. The van der Waals surface area contributed by atoms with E-state index in [2.05, 4.69) is 56.6 Å². The second kappa shape index (κ2) is 12.1. The molecule has 54 heavy (non-hydrogen) atoms. The third-order valence-electron chi connectivity index (χ3n) is 19.1. The Morgan fingerprint density at radius 2 is 1.56 bits per heavy atom. The average Bonchev–Trinajstić information content (AvgIpc) is 3.87. The third-order valence-corrected chi connectivity index (χ3v) is 19.1. The molecule has 1 aromatic carbocycles. The summed E-state index contributed by atoms with van der Waals surface area (Å²) in [4.78, 5) is 51.3. The number of carboxylic acids is 1. The summed E-state index contributed by atoms with van der Waals surface area (Å²) in [5, 5.41) is 9.66. The summed E-state index contributed by atoms with van der Waals surface area (Å²) in [7, 11) is 0. The zero-order valence-corrected chi connectivity index (χ0v) is 34.0. The molecule has 1 saturated heterocycles. The summed E-state index contributed by atoms with van der Waals surface area (Å²) in [6.45, 7) is 17.3. The van der Waals surface area contributed by atoms with Crippen LogP contribution >= 0.6 is 0 Å². The highest BCUT2D eigenvalue weighted by Gasteiger charge is 2.71. The van der Waals surface area contributed by atoms with Crippen LogP contribution in [0.2, 0.25) is 0 Å². The Hall–Kier alpha value is -2.90. The van der Waals surface area contributed by atoms with E-state index >= 15 is 4.79 Å². The van der Waals surface area contributed by atoms with Gasteiger partial charge in [0, 0.05) is 12.0 Å². The average molecular weight is 740 g/mol. The number of ether oxygens (including phenoxy) is 1. The van der Waals surface area contributed by atoms with Gasteiger partial charge in [0.05, 0.1) is 34.3 Å². The zero-order chi connectivity index (χ0) is 38.2. The maximum atomic E-state index is 15.1. The monoisotopic (exact) mass is 739 g/mol. The lowest BCUT2D eigenvalue weighted by Gasteiger charge is -2.72. The first-order valence-corrected chi connectivity index (χ1v) is 21.7. The molecule has 294 valence electrons. The van der Waals surface area contributed by atoms with Gasteiger partial charge in [-0.05, 0) is 141 Å². The van der Waals surface area contributed by atoms with Crippen LogP contribution in [0.25, 0.3) is 11.0 Å². The van der Waals surface area contributed by atoms with E-state index in [1.54, 1.807) is 0 Å². The van der Waals surface area contributed by atoms with Gasteiger partial charge in [0.2, 0.25) is 5.91 Å². The fourth-order valence-corrected chi connectivity index (χ4v) is 15.8. The number of H-pyrrole nitrogens is 1. The van der Waals surface area contributed by atoms with Crippen molar-refractivity contribution < 1.29 is 24.2 Å². The van der Waals surface area contributed by atoms with Gasteiger partial charge in [0.25, 0.3) is 0 Å². The van der Waals surface area contributed by atoms with Gasteiger partial charge in [-0.2, -0.15) is 0 Å². The number of carbonyl (C=O) groups is 3. The lowest BCUT2D eigenvalue weighted by molar-refractivity contribution is -0.250. The van der Waals surface area contributed by atoms with Crippen LogP contribution in [-0.4, -0.2) is 50.5 Å². The number of benzene rings is 1. The van der Waals surface area contributed by atoms with Crippen LogP contribution in [0.1, 0.15) is 150 Å². The van der Waals surface area contributed by atoms with Gasteiger partial charge in [-0.1, -0.05) is 67.0 Å². The highest BCUT2D eigenvalue weighted by Crippen LogP contribution is 2.77. The first kappa shape index (κ1) is 36.7. The minimum atomic E-state index is -0.811. The minimum Gasteiger partial charge on any atom is -0.481 e. The summed E-state index contributed by atoms with van der Waals surface area (Å²) >= 11 is 0. The molecular formula is C46H65N3O5. The first-order chi connectivity index (χ1) is 25.5. The Balaban J connectivity index is 0.940. The number of imidazole rings is 1. The van der Waals surface area contributed by atoms with Crippen molar-refractivity contribution in [2.45, 2.75) is 151 Å². The molecule has 2 N–H and O–H groups in total. The van der Waals surface area contributed by atoms with E-state index in [0.717, 1.165) is 81.2 Å². The van der Waals surface area contributed by atoms with Crippen molar-refractivity contribution >= 4 is 28.9 Å². The van der Waals surface area contributed by atoms with Crippen molar-refractivity contribution in [3.05, 3.63) is 30.1 Å². The lowest BCUT2D eigenvalue weighted by atomic mass is 9.32. The molecule has 0 radical (unpaired) electrons. The van der Waals surface area contributed by atoms with E-state index in [1.165, 1.54) is 25.7 Å². The molecule has 7 aliphatic rings. The zero-order valence-electron chi connectivity index (χ0n) is 34.0. The van der Waals surface area contributed by atoms with Crippen molar-refractivity contribution in [2.75, 3.05) is 6.54 Å². The largest absolute Gasteiger partial charge is 0.481 e. The predicted octanol–water partition coefficient (Wildman–Crippen LogP) is 9.74. The molecule has 2 aromatic rings. The smallest absolute Gasteiger partial charge is 0.309 e. The van der Waals surface area contributed by atoms with Gasteiger partial charge < -0.3 is 19.7 Å². The van der Waals surface area contributed by atoms with Crippen molar-refractivity contribution in [1.82, 2.24) is 14.9 Å². The van der Waals surface area contributed by atoms with E-state index in [4.69, 9.17) is 9.72 Å². The number of aromatic amines is 1. The van der Waals surface area contributed by atoms with E-state index in [9.17, 15) is 14.7 Å². The van der Waals surface area contributed by atoms with Crippen LogP contribution in [0.3, 0.4) is 0 Å². The fourth-order valence-electron chi connectivity index (χ4n) is 15.8. The summed E-state index contributed by atoms with van der Waals surface area (Å²) in [6, 6.07) is 8.27. The van der Waals surface area contributed by atoms with Gasteiger partial charge >= 0.3 is 11.9 Å². The van der Waals surface area contributed by atoms with E-state index in [1.807, 2.05) is 26.0 Å². The second-order valence-electron chi connectivity index (χ2n) is 21.4. The molecule has 8 nitrogen and oxygen atoms in total. The van der Waals surface area contributed by atoms with Gasteiger partial charge in [-0.25, -0.2) is 4.98 Å². The summed E-state index contributed by atoms with van der Waals surface area (Å²) in [6.07, 6.45) is 14.5. The molecule has 0 bridgehead atoms. The second-order valence-corrected chi connectivity index (χ2v) is 21.4. The number of nitrogens with zero attached hydrogens (tertiary/aromatic N) is 2. The number of para-hydroxylation sites is 2. The van der Waals surface area contributed by atoms with E-state index in [0.29, 0.717) is 36.0 Å². The standard InChI is InChI=1S/C46H65N3O5/c1-41(2)29(38(50)51)26-30(41)39(52)54-36-19-21-43(5)34(42(36,3)4)18-22-45(7)35(43)17-16-27-28-12-10-20-46(28,24-23-44(27,45)6)40(53)49-25-11-15-33(49)37-47-31-13-8-9-14-32(31)48-37/h8-9,13-14,27-30,33-36H,10-12,15-26H2,1-7H3,(H,47,48)(H,50,51)/t27-,28-,29+,30-,33+,34?,35?,36+,43+,44-,45-,46+/m1/s1. The van der Waals surface area contributed by atoms with E-state index in [-0.39, 0.29) is 51.1 Å². The molecule has 0 spiro atoms. The molecule has 1 aliphatic heterocycles. The van der Waals surface area contributed by atoms with Crippen LogP contribution in [0.5, 0.6) is 0 Å². The molecular weight excluding hydrogens is 675 g/mol. The molecule has 2 unspecified atom stereocenters. The van der Waals surface area contributed by atoms with E-state index < -0.39 is 17.3 Å². The normalized spacial score (nSPS) is 44.7. The number of hydrogen-bond acceptors (Lipinski definition) is 5. The van der Waals surface area contributed by atoms with Crippen molar-refractivity contribution in [3.63, 3.8) is 0 Å². The number of carbonyl (C=O) groups excluding carboxylic acids is 2. The fraction of sp³-hybridized carbons (Fsp3) is 0.783. The predicted molar refractivity (Wildman–Crippen MR) is 208 cm³/mol. The molecule has 1 amide bonds. The van der Waals surface area contributed by atoms with Crippen LogP contribution < -0.4 is 0 Å². The number of nitrogens with one attached hydrogen (secondary N) is 1. The van der Waals surface area contributed by atoms with Gasteiger partial charge in [-0.15, -0.1) is 0 Å². The number of aromatic nitrogens is 2. The van der Waals surface area contributed by atoms with Crippen LogP contribution in [-0.2, 0) is 19.1 Å². The SMILES string of the molecule is CC1(C)C2CC[C@]3(C)C(CC[C@@H]4[C@H]5CCC[C@]5(C(=O)N5CCC[C@H]5c5nc6ccccc6[nH]5)CC[C@]43C)[C@@]2(C)CC[C@@H]1OC(=O)[C@H]1C[C@@H](C(=O)O)C1(C)C. The van der Waals surface area contributed by atoms with Crippen LogP contribution in [0.4, 0.5) is 0 Å². The lowest BCUT2D eigenvalue weighted by Crippen LogP contribution is -2.67. The third kappa shape index (κ3) is 4.78. The number of esters is 1. The van der Waals surface area contributed by atoms with Gasteiger partial charge in [-0.3, -0.25) is 14.4 Å². The first-order valence-electron chi connectivity index (χ1n) is 21.7. The molecule has 2 heterocycles. The number of aliphatic carboxylic acids is 1. The Kier molecular flexibility index (Phi) is 8.20. The molecule has 8 heteroatoms.